The number of benzene rings is 1. The number of hydrogen-bond acceptors (Lipinski definition) is 4. The quantitative estimate of drug-likeness (QED) is 0.633. The summed E-state index contributed by atoms with van der Waals surface area (Å²) in [7, 11) is 0. The van der Waals surface area contributed by atoms with Gasteiger partial charge in [0.05, 0.1) is 4.92 Å². The van der Waals surface area contributed by atoms with Crippen molar-refractivity contribution in [2.24, 2.45) is 11.8 Å². The molecule has 0 aliphatic heterocycles. The van der Waals surface area contributed by atoms with Crippen molar-refractivity contribution in [3.05, 3.63) is 34.4 Å². The summed E-state index contributed by atoms with van der Waals surface area (Å²) < 4.78 is 0. The van der Waals surface area contributed by atoms with E-state index in [0.717, 1.165) is 12.8 Å². The molecule has 1 fully saturated rings. The molecule has 1 saturated carbocycles. The van der Waals surface area contributed by atoms with Gasteiger partial charge in [-0.15, -0.1) is 0 Å². The van der Waals surface area contributed by atoms with Gasteiger partial charge in [-0.25, -0.2) is 0 Å². The zero-order chi connectivity index (χ0) is 13.7. The number of anilines is 1. The Morgan fingerprint density at radius 3 is 2.63 bits per heavy atom. The number of hydrogen-bond donors (Lipinski definition) is 2. The van der Waals surface area contributed by atoms with Crippen LogP contribution < -0.4 is 5.32 Å². The summed E-state index contributed by atoms with van der Waals surface area (Å²) in [5.41, 5.74) is 0.675. The summed E-state index contributed by atoms with van der Waals surface area (Å²) in [5.74, 6) is 0.725. The molecule has 5 nitrogen and oxygen atoms in total. The second-order valence-corrected chi connectivity index (χ2v) is 5.14. The molecule has 1 aromatic rings. The van der Waals surface area contributed by atoms with Crippen LogP contribution in [0.2, 0.25) is 0 Å². The summed E-state index contributed by atoms with van der Waals surface area (Å²) in [4.78, 5) is 10.6. The van der Waals surface area contributed by atoms with E-state index in [0.29, 0.717) is 24.1 Å². The maximum absolute atomic E-state index is 10.9. The molecule has 2 unspecified atom stereocenters. The van der Waals surface area contributed by atoms with Gasteiger partial charge < -0.3 is 10.4 Å². The van der Waals surface area contributed by atoms with Crippen LogP contribution >= 0.6 is 0 Å². The number of rotatable bonds is 5. The van der Waals surface area contributed by atoms with Gasteiger partial charge in [-0.05, 0) is 30.7 Å². The second kappa shape index (κ2) is 6.52. The first-order chi connectivity index (χ1) is 9.22. The minimum absolute atomic E-state index is 0.110. The van der Waals surface area contributed by atoms with Crippen molar-refractivity contribution >= 4 is 11.4 Å². The van der Waals surface area contributed by atoms with Crippen molar-refractivity contribution in [1.82, 2.24) is 0 Å². The van der Waals surface area contributed by atoms with Gasteiger partial charge in [0, 0.05) is 19.2 Å². The van der Waals surface area contributed by atoms with E-state index in [2.05, 4.69) is 5.32 Å². The monoisotopic (exact) mass is 264 g/mol. The third kappa shape index (κ3) is 3.44. The lowest BCUT2D eigenvalue weighted by atomic mass is 9.79. The lowest BCUT2D eigenvalue weighted by Gasteiger charge is -2.30. The molecular formula is C14H20N2O3. The number of nitrogens with zero attached hydrogens (tertiary/aromatic N) is 1. The molecule has 0 spiro atoms. The number of aliphatic hydroxyl groups is 1. The minimum atomic E-state index is -0.368. The zero-order valence-electron chi connectivity index (χ0n) is 10.9. The largest absolute Gasteiger partial charge is 0.396 e. The second-order valence-electron chi connectivity index (χ2n) is 5.14. The maximum atomic E-state index is 10.9. The molecule has 19 heavy (non-hydrogen) atoms. The van der Waals surface area contributed by atoms with Gasteiger partial charge >= 0.3 is 0 Å². The van der Waals surface area contributed by atoms with Crippen molar-refractivity contribution in [3.8, 4) is 0 Å². The van der Waals surface area contributed by atoms with Crippen LogP contribution in [-0.2, 0) is 0 Å². The molecular weight excluding hydrogens is 244 g/mol. The van der Waals surface area contributed by atoms with E-state index >= 15 is 0 Å². The molecule has 0 aromatic heterocycles. The fourth-order valence-corrected chi connectivity index (χ4v) is 2.82. The lowest BCUT2D eigenvalue weighted by Crippen LogP contribution is -2.28. The highest BCUT2D eigenvalue weighted by molar-refractivity contribution is 5.61. The smallest absolute Gasteiger partial charge is 0.292 e. The Hall–Kier alpha value is -1.62. The van der Waals surface area contributed by atoms with Crippen molar-refractivity contribution in [3.63, 3.8) is 0 Å². The Morgan fingerprint density at radius 1 is 1.26 bits per heavy atom. The SMILES string of the molecule is O=[N+]([O-])c1ccccc1NCC1CCCCC1CO. The van der Waals surface area contributed by atoms with Gasteiger partial charge in [-0.3, -0.25) is 10.1 Å². The lowest BCUT2D eigenvalue weighted by molar-refractivity contribution is -0.384. The predicted octanol–water partition coefficient (Wildman–Crippen LogP) is 2.81. The number of aliphatic hydroxyl groups excluding tert-OH is 1. The Labute approximate surface area is 112 Å². The first kappa shape index (κ1) is 13.8. The van der Waals surface area contributed by atoms with Crippen LogP contribution in [0.4, 0.5) is 11.4 Å². The molecule has 0 heterocycles. The summed E-state index contributed by atoms with van der Waals surface area (Å²) >= 11 is 0. The summed E-state index contributed by atoms with van der Waals surface area (Å²) in [5, 5.41) is 23.5. The van der Waals surface area contributed by atoms with E-state index in [-0.39, 0.29) is 17.2 Å². The molecule has 2 N–H and O–H groups in total. The Bertz CT molecular complexity index is 436. The Kier molecular flexibility index (Phi) is 4.74. The van der Waals surface area contributed by atoms with Crippen LogP contribution in [0.1, 0.15) is 25.7 Å². The van der Waals surface area contributed by atoms with Crippen molar-refractivity contribution in [2.75, 3.05) is 18.5 Å². The Morgan fingerprint density at radius 2 is 1.95 bits per heavy atom. The average molecular weight is 264 g/mol. The van der Waals surface area contributed by atoms with Crippen LogP contribution in [0.25, 0.3) is 0 Å². The number of nitrogens with one attached hydrogen (secondary N) is 1. The van der Waals surface area contributed by atoms with E-state index in [1.807, 2.05) is 0 Å². The van der Waals surface area contributed by atoms with E-state index in [9.17, 15) is 15.2 Å². The van der Waals surface area contributed by atoms with Crippen molar-refractivity contribution in [2.45, 2.75) is 25.7 Å². The van der Waals surface area contributed by atoms with Gasteiger partial charge in [-0.1, -0.05) is 25.0 Å². The third-order valence-electron chi connectivity index (χ3n) is 3.96. The van der Waals surface area contributed by atoms with Gasteiger partial charge in [-0.2, -0.15) is 0 Å². The van der Waals surface area contributed by atoms with Crippen LogP contribution in [0.3, 0.4) is 0 Å². The molecule has 1 aliphatic rings. The van der Waals surface area contributed by atoms with Crippen LogP contribution in [-0.4, -0.2) is 23.2 Å². The summed E-state index contributed by atoms with van der Waals surface area (Å²) in [6.45, 7) is 0.902. The first-order valence-corrected chi connectivity index (χ1v) is 6.80. The zero-order valence-corrected chi connectivity index (χ0v) is 10.9. The van der Waals surface area contributed by atoms with Crippen LogP contribution in [0.5, 0.6) is 0 Å². The van der Waals surface area contributed by atoms with Gasteiger partial charge in [0.15, 0.2) is 0 Å². The topological polar surface area (TPSA) is 75.4 Å². The van der Waals surface area contributed by atoms with Gasteiger partial charge in [0.2, 0.25) is 0 Å². The summed E-state index contributed by atoms with van der Waals surface area (Å²) in [6, 6.07) is 6.70. The Balaban J connectivity index is 2.00. The van der Waals surface area contributed by atoms with Crippen LogP contribution in [0.15, 0.2) is 24.3 Å². The fourth-order valence-electron chi connectivity index (χ4n) is 2.82. The normalized spacial score (nSPS) is 23.0. The number of nitro benzene ring substituents is 1. The highest BCUT2D eigenvalue weighted by atomic mass is 16.6. The van der Waals surface area contributed by atoms with E-state index < -0.39 is 0 Å². The number of nitro groups is 1. The van der Waals surface area contributed by atoms with Crippen molar-refractivity contribution in [1.29, 1.82) is 0 Å². The van der Waals surface area contributed by atoms with Gasteiger partial charge in [0.1, 0.15) is 5.69 Å². The maximum Gasteiger partial charge on any atom is 0.292 e. The molecule has 1 aliphatic carbocycles. The molecule has 0 bridgehead atoms. The molecule has 0 amide bonds. The molecule has 2 rings (SSSR count). The molecule has 0 radical (unpaired) electrons. The third-order valence-corrected chi connectivity index (χ3v) is 3.96. The van der Waals surface area contributed by atoms with Crippen molar-refractivity contribution < 1.29 is 10.0 Å². The van der Waals surface area contributed by atoms with E-state index in [4.69, 9.17) is 0 Å². The minimum Gasteiger partial charge on any atom is -0.396 e. The average Bonchev–Trinajstić information content (AvgIpc) is 2.45. The highest BCUT2D eigenvalue weighted by Gasteiger charge is 2.24. The predicted molar refractivity (Wildman–Crippen MR) is 74.1 cm³/mol. The molecule has 2 atom stereocenters. The van der Waals surface area contributed by atoms with Crippen LogP contribution in [0, 0.1) is 22.0 Å². The standard InChI is InChI=1S/C14H20N2O3/c17-10-12-6-2-1-5-11(12)9-15-13-7-3-4-8-14(13)16(18)19/h3-4,7-8,11-12,15,17H,1-2,5-6,9-10H2. The first-order valence-electron chi connectivity index (χ1n) is 6.80. The fraction of sp³-hybridized carbons (Fsp3) is 0.571. The molecule has 104 valence electrons. The summed E-state index contributed by atoms with van der Waals surface area (Å²) in [6.07, 6.45) is 4.49. The number of para-hydroxylation sites is 2. The molecule has 5 heteroatoms. The van der Waals surface area contributed by atoms with E-state index in [1.54, 1.807) is 18.2 Å². The highest BCUT2D eigenvalue weighted by Crippen LogP contribution is 2.31. The molecule has 0 saturated heterocycles. The van der Waals surface area contributed by atoms with E-state index in [1.165, 1.54) is 18.9 Å². The van der Waals surface area contributed by atoms with Gasteiger partial charge in [0.25, 0.3) is 5.69 Å². The molecule has 1 aromatic carbocycles.